The number of carbonyl (C=O) groups is 1. The lowest BCUT2D eigenvalue weighted by Gasteiger charge is -2.31. The molecule has 1 aliphatic heterocycles. The van der Waals surface area contributed by atoms with Crippen LogP contribution in [0, 0.1) is 12.8 Å². The highest BCUT2D eigenvalue weighted by atomic mass is 35.5. The van der Waals surface area contributed by atoms with Gasteiger partial charge < -0.3 is 0 Å². The first-order valence-electron chi connectivity index (χ1n) is 9.40. The van der Waals surface area contributed by atoms with E-state index in [0.717, 1.165) is 54.3 Å². The monoisotopic (exact) mass is 383 g/mol. The molecule has 1 fully saturated rings. The van der Waals surface area contributed by atoms with Crippen LogP contribution in [0.2, 0.25) is 5.02 Å². The first-order chi connectivity index (χ1) is 13.0. The molecule has 0 radical (unpaired) electrons. The summed E-state index contributed by atoms with van der Waals surface area (Å²) in [6, 6.07) is 16.1. The molecule has 0 spiro atoms. The molecule has 0 aliphatic carbocycles. The summed E-state index contributed by atoms with van der Waals surface area (Å²) in [5.74, 6) is 0.0286. The Labute approximate surface area is 166 Å². The van der Waals surface area contributed by atoms with Crippen molar-refractivity contribution in [1.82, 2.24) is 10.3 Å². The van der Waals surface area contributed by atoms with Crippen molar-refractivity contribution >= 4 is 23.2 Å². The van der Waals surface area contributed by atoms with Crippen molar-refractivity contribution in [3.8, 4) is 0 Å². The van der Waals surface area contributed by atoms with E-state index in [1.54, 1.807) is 0 Å². The van der Waals surface area contributed by atoms with Gasteiger partial charge in [0, 0.05) is 17.5 Å². The molecule has 1 N–H and O–H groups in total. The Kier molecular flexibility index (Phi) is 6.64. The summed E-state index contributed by atoms with van der Waals surface area (Å²) in [6.45, 7) is 6.58. The van der Waals surface area contributed by atoms with Gasteiger partial charge in [0.1, 0.15) is 0 Å². The van der Waals surface area contributed by atoms with Crippen LogP contribution in [0.1, 0.15) is 36.5 Å². The second-order valence-electron chi connectivity index (χ2n) is 7.18. The number of piperidine rings is 1. The van der Waals surface area contributed by atoms with Gasteiger partial charge in [0.25, 0.3) is 0 Å². The number of rotatable bonds is 5. The van der Waals surface area contributed by atoms with E-state index in [1.165, 1.54) is 5.56 Å². The molecule has 0 atom stereocenters. The van der Waals surface area contributed by atoms with Crippen molar-refractivity contribution in [2.75, 3.05) is 13.1 Å². The van der Waals surface area contributed by atoms with Crippen LogP contribution in [0.25, 0.3) is 0 Å². The van der Waals surface area contributed by atoms with Crippen molar-refractivity contribution < 1.29 is 4.79 Å². The van der Waals surface area contributed by atoms with Gasteiger partial charge >= 0.3 is 0 Å². The Morgan fingerprint density at radius 2 is 1.81 bits per heavy atom. The number of amides is 1. The standard InChI is InChI=1S/C22H26ClN3O/c1-16-7-9-18(10-8-16)17(2)24-25-22(27)19-11-13-26(14-12-19)15-20-5-3-4-6-21(20)23/h3-10,19H,11-15H2,1-2H3,(H,25,27). The van der Waals surface area contributed by atoms with E-state index in [2.05, 4.69) is 28.4 Å². The van der Waals surface area contributed by atoms with Crippen LogP contribution in [0.5, 0.6) is 0 Å². The van der Waals surface area contributed by atoms with Crippen LogP contribution >= 0.6 is 11.6 Å². The van der Waals surface area contributed by atoms with Gasteiger partial charge in [0.2, 0.25) is 5.91 Å². The second-order valence-corrected chi connectivity index (χ2v) is 7.59. The number of hydrogen-bond acceptors (Lipinski definition) is 3. The van der Waals surface area contributed by atoms with Crippen molar-refractivity contribution in [2.24, 2.45) is 11.0 Å². The van der Waals surface area contributed by atoms with Crippen LogP contribution in [0.15, 0.2) is 53.6 Å². The summed E-state index contributed by atoms with van der Waals surface area (Å²) < 4.78 is 0. The maximum atomic E-state index is 12.4. The molecule has 1 amide bonds. The molecule has 3 rings (SSSR count). The lowest BCUT2D eigenvalue weighted by atomic mass is 9.96. The normalized spacial score (nSPS) is 16.3. The number of halogens is 1. The number of aryl methyl sites for hydroxylation is 1. The summed E-state index contributed by atoms with van der Waals surface area (Å²) in [5, 5.41) is 5.09. The minimum Gasteiger partial charge on any atom is -0.299 e. The molecular formula is C22H26ClN3O. The van der Waals surface area contributed by atoms with Crippen LogP contribution in [0.3, 0.4) is 0 Å². The lowest BCUT2D eigenvalue weighted by Crippen LogP contribution is -2.39. The fourth-order valence-electron chi connectivity index (χ4n) is 3.31. The number of benzene rings is 2. The molecule has 1 heterocycles. The van der Waals surface area contributed by atoms with Crippen LogP contribution < -0.4 is 5.43 Å². The number of hydrogen-bond donors (Lipinski definition) is 1. The van der Waals surface area contributed by atoms with Gasteiger partial charge in [-0.05, 0) is 57.0 Å². The molecule has 0 unspecified atom stereocenters. The number of carbonyl (C=O) groups excluding carboxylic acids is 1. The number of likely N-dealkylation sites (tertiary alicyclic amines) is 1. The highest BCUT2D eigenvalue weighted by Gasteiger charge is 2.25. The molecule has 27 heavy (non-hydrogen) atoms. The van der Waals surface area contributed by atoms with Gasteiger partial charge in [-0.1, -0.05) is 59.6 Å². The van der Waals surface area contributed by atoms with Crippen molar-refractivity contribution in [2.45, 2.75) is 33.2 Å². The summed E-state index contributed by atoms with van der Waals surface area (Å²) in [4.78, 5) is 14.8. The Balaban J connectivity index is 1.49. The van der Waals surface area contributed by atoms with Gasteiger partial charge in [0.15, 0.2) is 0 Å². The first kappa shape index (κ1) is 19.6. The van der Waals surface area contributed by atoms with E-state index in [1.807, 2.05) is 49.4 Å². The van der Waals surface area contributed by atoms with Gasteiger partial charge in [0.05, 0.1) is 5.71 Å². The molecule has 4 nitrogen and oxygen atoms in total. The summed E-state index contributed by atoms with van der Waals surface area (Å²) in [5.41, 5.74) is 6.94. The predicted octanol–water partition coefficient (Wildman–Crippen LogP) is 4.40. The van der Waals surface area contributed by atoms with Gasteiger partial charge in [-0.15, -0.1) is 0 Å². The molecule has 5 heteroatoms. The minimum absolute atomic E-state index is 0.0128. The molecule has 2 aromatic rings. The molecule has 142 valence electrons. The van der Waals surface area contributed by atoms with Crippen LogP contribution in [0.4, 0.5) is 0 Å². The maximum Gasteiger partial charge on any atom is 0.243 e. The fourth-order valence-corrected chi connectivity index (χ4v) is 3.51. The number of nitrogens with one attached hydrogen (secondary N) is 1. The van der Waals surface area contributed by atoms with Gasteiger partial charge in [-0.2, -0.15) is 5.10 Å². The van der Waals surface area contributed by atoms with Crippen LogP contribution in [-0.4, -0.2) is 29.6 Å². The molecule has 1 saturated heterocycles. The summed E-state index contributed by atoms with van der Waals surface area (Å²) in [7, 11) is 0. The third kappa shape index (κ3) is 5.41. The average Bonchev–Trinajstić information content (AvgIpc) is 2.69. The summed E-state index contributed by atoms with van der Waals surface area (Å²) >= 11 is 6.25. The van der Waals surface area contributed by atoms with Crippen LogP contribution in [-0.2, 0) is 11.3 Å². The first-order valence-corrected chi connectivity index (χ1v) is 9.77. The second kappa shape index (κ2) is 9.16. The zero-order valence-electron chi connectivity index (χ0n) is 15.9. The van der Waals surface area contributed by atoms with E-state index in [-0.39, 0.29) is 11.8 Å². The third-order valence-electron chi connectivity index (χ3n) is 5.11. The molecule has 0 saturated carbocycles. The quantitative estimate of drug-likeness (QED) is 0.614. The van der Waals surface area contributed by atoms with Crippen molar-refractivity contribution in [1.29, 1.82) is 0 Å². The largest absolute Gasteiger partial charge is 0.299 e. The number of nitrogens with zero attached hydrogens (tertiary/aromatic N) is 2. The average molecular weight is 384 g/mol. The predicted molar refractivity (Wildman–Crippen MR) is 111 cm³/mol. The Bertz CT molecular complexity index is 809. The molecular weight excluding hydrogens is 358 g/mol. The van der Waals surface area contributed by atoms with Crippen molar-refractivity contribution in [3.63, 3.8) is 0 Å². The van der Waals surface area contributed by atoms with Gasteiger partial charge in [-0.3, -0.25) is 9.69 Å². The third-order valence-corrected chi connectivity index (χ3v) is 5.48. The van der Waals surface area contributed by atoms with E-state index >= 15 is 0 Å². The highest BCUT2D eigenvalue weighted by molar-refractivity contribution is 6.31. The molecule has 1 aliphatic rings. The zero-order chi connectivity index (χ0) is 19.2. The van der Waals surface area contributed by atoms with E-state index in [4.69, 9.17) is 11.6 Å². The van der Waals surface area contributed by atoms with E-state index in [0.29, 0.717) is 0 Å². The van der Waals surface area contributed by atoms with Crippen molar-refractivity contribution in [3.05, 3.63) is 70.2 Å². The molecule has 2 aromatic carbocycles. The Morgan fingerprint density at radius 1 is 1.15 bits per heavy atom. The maximum absolute atomic E-state index is 12.4. The highest BCUT2D eigenvalue weighted by Crippen LogP contribution is 2.22. The minimum atomic E-state index is 0.0128. The Morgan fingerprint density at radius 3 is 2.48 bits per heavy atom. The Hall–Kier alpha value is -2.17. The van der Waals surface area contributed by atoms with E-state index in [9.17, 15) is 4.79 Å². The molecule has 0 bridgehead atoms. The smallest absolute Gasteiger partial charge is 0.243 e. The SMILES string of the molecule is CC(=NNC(=O)C1CCN(Cc2ccccc2Cl)CC1)c1ccc(C)cc1. The van der Waals surface area contributed by atoms with Gasteiger partial charge in [-0.25, -0.2) is 5.43 Å². The lowest BCUT2D eigenvalue weighted by molar-refractivity contribution is -0.126. The zero-order valence-corrected chi connectivity index (χ0v) is 16.7. The fraction of sp³-hybridized carbons (Fsp3) is 0.364. The topological polar surface area (TPSA) is 44.7 Å². The number of hydrazone groups is 1. The molecule has 0 aromatic heterocycles. The van der Waals surface area contributed by atoms with E-state index < -0.39 is 0 Å². The summed E-state index contributed by atoms with van der Waals surface area (Å²) in [6.07, 6.45) is 1.69.